The molecule has 0 bridgehead atoms. The van der Waals surface area contributed by atoms with E-state index in [1.165, 1.54) is 18.2 Å². The van der Waals surface area contributed by atoms with E-state index in [0.29, 0.717) is 18.3 Å². The van der Waals surface area contributed by atoms with Gasteiger partial charge in [0.1, 0.15) is 5.82 Å². The third-order valence-electron chi connectivity index (χ3n) is 4.04. The molecule has 0 radical (unpaired) electrons. The summed E-state index contributed by atoms with van der Waals surface area (Å²) in [5.74, 6) is -0.177. The maximum atomic E-state index is 14.4. The zero-order valence-electron chi connectivity index (χ0n) is 12.7. The lowest BCUT2D eigenvalue weighted by Gasteiger charge is -2.18. The maximum absolute atomic E-state index is 14.4. The molecule has 0 spiro atoms. The van der Waals surface area contributed by atoms with Crippen LogP contribution in [0.1, 0.15) is 43.6 Å². The number of para-hydroxylation sites is 1. The average Bonchev–Trinajstić information content (AvgIpc) is 2.89. The Morgan fingerprint density at radius 2 is 2.10 bits per heavy atom. The summed E-state index contributed by atoms with van der Waals surface area (Å²) in [7, 11) is 0. The molecule has 4 heteroatoms. The van der Waals surface area contributed by atoms with Crippen LogP contribution in [0.4, 0.5) is 4.39 Å². The van der Waals surface area contributed by atoms with Crippen LogP contribution in [0, 0.1) is 5.82 Å². The third-order valence-corrected chi connectivity index (χ3v) is 4.04. The summed E-state index contributed by atoms with van der Waals surface area (Å²) in [5.41, 5.74) is 3.94. The fraction of sp³-hybridized carbons (Fsp3) is 0.471. The molecule has 0 unspecified atom stereocenters. The second-order valence-corrected chi connectivity index (χ2v) is 6.00. The number of fused-ring (bicyclic) bond motifs is 1. The van der Waals surface area contributed by atoms with Gasteiger partial charge in [-0.25, -0.2) is 9.37 Å². The number of hydrogen-bond acceptors (Lipinski definition) is 2. The summed E-state index contributed by atoms with van der Waals surface area (Å²) in [6.45, 7) is 4.85. The molecule has 0 amide bonds. The highest BCUT2D eigenvalue weighted by Gasteiger charge is 2.19. The number of aromatic nitrogens is 2. The Labute approximate surface area is 125 Å². The number of aryl methyl sites for hydroxylation is 1. The first-order valence-corrected chi connectivity index (χ1v) is 7.73. The molecule has 1 aliphatic rings. The monoisotopic (exact) mass is 287 g/mol. The predicted molar refractivity (Wildman–Crippen MR) is 82.1 cm³/mol. The molecular formula is C17H22FN3. The fourth-order valence-electron chi connectivity index (χ4n) is 2.95. The minimum absolute atomic E-state index is 0.177. The molecule has 1 aromatic heterocycles. The maximum Gasteiger partial charge on any atom is 0.147 e. The van der Waals surface area contributed by atoms with E-state index in [9.17, 15) is 4.39 Å². The molecular weight excluding hydrogens is 265 g/mol. The lowest BCUT2D eigenvalue weighted by atomic mass is 10.0. The van der Waals surface area contributed by atoms with Gasteiger partial charge >= 0.3 is 0 Å². The van der Waals surface area contributed by atoms with Crippen LogP contribution < -0.4 is 5.32 Å². The summed E-state index contributed by atoms with van der Waals surface area (Å²) < 4.78 is 16.4. The Morgan fingerprint density at radius 3 is 2.90 bits per heavy atom. The van der Waals surface area contributed by atoms with Gasteiger partial charge < -0.3 is 5.32 Å². The van der Waals surface area contributed by atoms with Gasteiger partial charge in [-0.1, -0.05) is 26.0 Å². The molecule has 21 heavy (non-hydrogen) atoms. The number of benzene rings is 1. The second kappa shape index (κ2) is 5.98. The van der Waals surface area contributed by atoms with Crippen LogP contribution in [0.25, 0.3) is 5.69 Å². The molecule has 3 rings (SSSR count). The van der Waals surface area contributed by atoms with Crippen LogP contribution in [-0.4, -0.2) is 15.6 Å². The smallest absolute Gasteiger partial charge is 0.147 e. The Hall–Kier alpha value is -1.68. The summed E-state index contributed by atoms with van der Waals surface area (Å²) in [6, 6.07) is 5.67. The molecule has 1 aliphatic carbocycles. The topological polar surface area (TPSA) is 29.9 Å². The van der Waals surface area contributed by atoms with Gasteiger partial charge in [-0.2, -0.15) is 0 Å². The van der Waals surface area contributed by atoms with Gasteiger partial charge in [0.15, 0.2) is 0 Å². The normalized spacial score (nSPS) is 14.5. The van der Waals surface area contributed by atoms with E-state index in [0.717, 1.165) is 30.5 Å². The van der Waals surface area contributed by atoms with Gasteiger partial charge in [-0.3, -0.25) is 4.57 Å². The van der Waals surface area contributed by atoms with Crippen molar-refractivity contribution in [3.05, 3.63) is 47.3 Å². The van der Waals surface area contributed by atoms with Crippen molar-refractivity contribution in [3.63, 3.8) is 0 Å². The van der Waals surface area contributed by atoms with E-state index in [4.69, 9.17) is 0 Å². The minimum Gasteiger partial charge on any atom is -0.310 e. The van der Waals surface area contributed by atoms with Gasteiger partial charge in [0.2, 0.25) is 0 Å². The zero-order valence-corrected chi connectivity index (χ0v) is 12.7. The van der Waals surface area contributed by atoms with Crippen molar-refractivity contribution in [2.24, 2.45) is 0 Å². The van der Waals surface area contributed by atoms with E-state index in [-0.39, 0.29) is 5.82 Å². The van der Waals surface area contributed by atoms with E-state index in [1.54, 1.807) is 12.4 Å². The molecule has 0 fully saturated rings. The predicted octanol–water partition coefficient (Wildman–Crippen LogP) is 3.39. The van der Waals surface area contributed by atoms with E-state index in [2.05, 4.69) is 24.1 Å². The molecule has 1 heterocycles. The molecule has 0 aliphatic heterocycles. The van der Waals surface area contributed by atoms with Crippen molar-refractivity contribution in [3.8, 4) is 5.69 Å². The average molecular weight is 287 g/mol. The van der Waals surface area contributed by atoms with Crippen molar-refractivity contribution in [1.82, 2.24) is 14.9 Å². The van der Waals surface area contributed by atoms with Crippen molar-refractivity contribution in [2.45, 2.75) is 52.1 Å². The number of halogens is 1. The minimum atomic E-state index is -0.177. The number of rotatable bonds is 4. The van der Waals surface area contributed by atoms with Crippen molar-refractivity contribution in [1.29, 1.82) is 0 Å². The third kappa shape index (κ3) is 2.86. The number of hydrogen-bond donors (Lipinski definition) is 1. The van der Waals surface area contributed by atoms with Crippen LogP contribution in [0.15, 0.2) is 24.5 Å². The van der Waals surface area contributed by atoms with E-state index >= 15 is 0 Å². The number of nitrogens with one attached hydrogen (secondary N) is 1. The van der Waals surface area contributed by atoms with E-state index < -0.39 is 0 Å². The quantitative estimate of drug-likeness (QED) is 0.934. The van der Waals surface area contributed by atoms with Crippen LogP contribution in [0.2, 0.25) is 0 Å². The van der Waals surface area contributed by atoms with Crippen molar-refractivity contribution in [2.75, 3.05) is 0 Å². The second-order valence-electron chi connectivity index (χ2n) is 6.00. The van der Waals surface area contributed by atoms with Crippen LogP contribution in [0.3, 0.4) is 0 Å². The van der Waals surface area contributed by atoms with Gasteiger partial charge in [0, 0.05) is 18.3 Å². The number of nitrogens with zero attached hydrogens (tertiary/aromatic N) is 2. The fourth-order valence-corrected chi connectivity index (χ4v) is 2.95. The molecule has 112 valence electrons. The zero-order chi connectivity index (χ0) is 14.8. The first kappa shape index (κ1) is 14.3. The highest BCUT2D eigenvalue weighted by atomic mass is 19.1. The lowest BCUT2D eigenvalue weighted by molar-refractivity contribution is 0.573. The SMILES string of the molecule is CC(C)NCc1cccc(F)c1-n1cnc2c1CCCC2. The molecule has 2 aromatic rings. The first-order chi connectivity index (χ1) is 10.2. The highest BCUT2D eigenvalue weighted by Crippen LogP contribution is 2.26. The first-order valence-electron chi connectivity index (χ1n) is 7.73. The van der Waals surface area contributed by atoms with Crippen LogP contribution in [-0.2, 0) is 19.4 Å². The lowest BCUT2D eigenvalue weighted by Crippen LogP contribution is -2.23. The standard InChI is InChI=1S/C17H22FN3/c1-12(2)19-10-13-6-5-7-14(18)17(13)21-11-20-15-8-3-4-9-16(15)21/h5-7,11-12,19H,3-4,8-10H2,1-2H3. The van der Waals surface area contributed by atoms with Gasteiger partial charge in [0.25, 0.3) is 0 Å². The molecule has 1 aromatic carbocycles. The van der Waals surface area contributed by atoms with Crippen LogP contribution in [0.5, 0.6) is 0 Å². The molecule has 3 nitrogen and oxygen atoms in total. The summed E-state index contributed by atoms with van der Waals surface area (Å²) in [6.07, 6.45) is 6.13. The summed E-state index contributed by atoms with van der Waals surface area (Å²) in [4.78, 5) is 4.49. The Kier molecular flexibility index (Phi) is 4.06. The van der Waals surface area contributed by atoms with Gasteiger partial charge in [-0.15, -0.1) is 0 Å². The van der Waals surface area contributed by atoms with Gasteiger partial charge in [0.05, 0.1) is 17.7 Å². The Bertz CT molecular complexity index is 631. The summed E-state index contributed by atoms with van der Waals surface area (Å²) >= 11 is 0. The molecule has 0 saturated carbocycles. The van der Waals surface area contributed by atoms with Crippen molar-refractivity contribution >= 4 is 0 Å². The Balaban J connectivity index is 2.03. The van der Waals surface area contributed by atoms with Crippen LogP contribution >= 0.6 is 0 Å². The van der Waals surface area contributed by atoms with Gasteiger partial charge in [-0.05, 0) is 37.3 Å². The van der Waals surface area contributed by atoms with E-state index in [1.807, 2.05) is 10.6 Å². The molecule has 1 N–H and O–H groups in total. The highest BCUT2D eigenvalue weighted by molar-refractivity contribution is 5.45. The summed E-state index contributed by atoms with van der Waals surface area (Å²) in [5, 5.41) is 3.37. The Morgan fingerprint density at radius 1 is 1.29 bits per heavy atom. The largest absolute Gasteiger partial charge is 0.310 e. The van der Waals surface area contributed by atoms with Crippen molar-refractivity contribution < 1.29 is 4.39 Å². The molecule has 0 atom stereocenters. The number of imidazole rings is 1. The molecule has 0 saturated heterocycles.